The van der Waals surface area contributed by atoms with Gasteiger partial charge in [-0.05, 0) is 81.5 Å². The van der Waals surface area contributed by atoms with Gasteiger partial charge in [0.15, 0.2) is 5.78 Å². The fourth-order valence-electron chi connectivity index (χ4n) is 4.49. The number of halogens is 1. The number of carbonyl (C=O) groups is 1. The molecule has 0 aliphatic heterocycles. The van der Waals surface area contributed by atoms with Crippen molar-refractivity contribution in [3.63, 3.8) is 0 Å². The second kappa shape index (κ2) is 9.40. The third kappa shape index (κ3) is 4.79. The first-order valence-electron chi connectivity index (χ1n) is 11.8. The number of fused-ring (bicyclic) bond motifs is 2. The Morgan fingerprint density at radius 3 is 2.42 bits per heavy atom. The van der Waals surface area contributed by atoms with Gasteiger partial charge in [0.1, 0.15) is 11.1 Å². The molecule has 6 heteroatoms. The molecule has 4 nitrogen and oxygen atoms in total. The summed E-state index contributed by atoms with van der Waals surface area (Å²) in [5.41, 5.74) is 5.25. The number of nitrogens with zero attached hydrogens (tertiary/aromatic N) is 2. The van der Waals surface area contributed by atoms with E-state index in [4.69, 9.17) is 21.3 Å². The molecule has 2 aromatic heterocycles. The highest BCUT2D eigenvalue weighted by Gasteiger charge is 2.30. The van der Waals surface area contributed by atoms with Crippen molar-refractivity contribution in [1.29, 1.82) is 0 Å². The molecule has 36 heavy (non-hydrogen) atoms. The van der Waals surface area contributed by atoms with Crippen molar-refractivity contribution >= 4 is 49.7 Å². The number of rotatable bonds is 5. The van der Waals surface area contributed by atoms with Crippen molar-refractivity contribution in [3.05, 3.63) is 83.1 Å². The van der Waals surface area contributed by atoms with E-state index in [1.165, 1.54) is 0 Å². The molecule has 0 aliphatic carbocycles. The minimum Gasteiger partial charge on any atom is -0.360 e. The lowest BCUT2D eigenvalue weighted by Crippen LogP contribution is -2.27. The minimum absolute atomic E-state index is 0.0320. The number of hydrogen-bond donors (Lipinski definition) is 0. The van der Waals surface area contributed by atoms with Gasteiger partial charge in [-0.25, -0.2) is 4.98 Å². The number of hydrogen-bond acceptors (Lipinski definition) is 5. The van der Waals surface area contributed by atoms with Crippen LogP contribution in [0.25, 0.3) is 42.7 Å². The van der Waals surface area contributed by atoms with E-state index in [0.29, 0.717) is 5.02 Å². The number of ether oxygens (including phenoxy) is 1. The Labute approximate surface area is 219 Å². The Morgan fingerprint density at radius 1 is 1.00 bits per heavy atom. The summed E-state index contributed by atoms with van der Waals surface area (Å²) in [5.74, 6) is -0.0320. The summed E-state index contributed by atoms with van der Waals surface area (Å²) in [6.07, 6.45) is 2.97. The number of pyridine rings is 1. The molecule has 5 rings (SSSR count). The van der Waals surface area contributed by atoms with E-state index in [1.807, 2.05) is 64.2 Å². The number of carbonyl (C=O) groups excluding carboxylic acids is 1. The number of Topliss-reactive ketones (excluding diaryl/α,β-unsaturated/α-hetero) is 1. The zero-order valence-corrected chi connectivity index (χ0v) is 22.5. The van der Waals surface area contributed by atoms with Crippen LogP contribution in [-0.4, -0.2) is 21.4 Å². The van der Waals surface area contributed by atoms with Gasteiger partial charge >= 0.3 is 0 Å². The summed E-state index contributed by atoms with van der Waals surface area (Å²) < 4.78 is 7.36. The third-order valence-electron chi connectivity index (χ3n) is 6.05. The van der Waals surface area contributed by atoms with Crippen LogP contribution in [-0.2, 0) is 9.53 Å². The van der Waals surface area contributed by atoms with Gasteiger partial charge < -0.3 is 4.74 Å². The minimum atomic E-state index is -0.696. The van der Waals surface area contributed by atoms with Crippen molar-refractivity contribution in [2.45, 2.75) is 46.3 Å². The van der Waals surface area contributed by atoms with Crippen LogP contribution >= 0.6 is 22.9 Å². The van der Waals surface area contributed by atoms with Crippen LogP contribution in [0, 0.1) is 6.92 Å². The summed E-state index contributed by atoms with van der Waals surface area (Å²) in [7, 11) is 0. The van der Waals surface area contributed by atoms with Gasteiger partial charge in [0.05, 0.1) is 15.8 Å². The smallest absolute Gasteiger partial charge is 0.163 e. The van der Waals surface area contributed by atoms with E-state index in [-0.39, 0.29) is 5.78 Å². The summed E-state index contributed by atoms with van der Waals surface area (Å²) in [6.45, 7) is 9.53. The maximum Gasteiger partial charge on any atom is 0.163 e. The van der Waals surface area contributed by atoms with Gasteiger partial charge in [0.25, 0.3) is 0 Å². The monoisotopic (exact) mass is 514 g/mol. The molecular weight excluding hydrogens is 488 g/mol. The fourth-order valence-corrected chi connectivity index (χ4v) is 5.74. The molecular formula is C30H27ClN2O2S. The molecule has 0 N–H and O–H groups in total. The molecule has 0 saturated carbocycles. The van der Waals surface area contributed by atoms with E-state index in [0.717, 1.165) is 53.8 Å². The second-order valence-electron chi connectivity index (χ2n) is 10.0. The molecule has 0 radical (unpaired) electrons. The quantitative estimate of drug-likeness (QED) is 0.235. The average Bonchev–Trinajstić information content (AvgIpc) is 3.25. The van der Waals surface area contributed by atoms with E-state index >= 15 is 0 Å². The lowest BCUT2D eigenvalue weighted by molar-refractivity contribution is -0.138. The number of ketones is 1. The molecule has 0 amide bonds. The maximum atomic E-state index is 12.9. The SMILES string of the molecule is CC(=O)[C@@H](OC(C)(C)C)c1c(C)cc2nc(-c3ccc4cnccc4c3)sc2c1-c1ccc(Cl)cc1. The number of thiazole rings is 1. The van der Waals surface area contributed by atoms with Gasteiger partial charge in [-0.1, -0.05) is 35.9 Å². The third-order valence-corrected chi connectivity index (χ3v) is 7.44. The van der Waals surface area contributed by atoms with Gasteiger partial charge in [0, 0.05) is 39.5 Å². The molecule has 0 spiro atoms. The summed E-state index contributed by atoms with van der Waals surface area (Å²) in [5, 5.41) is 3.79. The molecule has 5 aromatic rings. The van der Waals surface area contributed by atoms with E-state index < -0.39 is 11.7 Å². The number of aryl methyl sites for hydroxylation is 1. The first kappa shape index (κ1) is 24.6. The standard InChI is InChI=1S/C30H27ClN2O2S/c1-17-14-24-28(36-29(33-24)21-6-7-22-16-32-13-12-20(22)15-21)26(19-8-10-23(31)11-9-19)25(17)27(18(2)34)35-30(3,4)5/h6-16,27H,1-5H3/t27-/m1/s1. The Bertz CT molecular complexity index is 1600. The fraction of sp³-hybridized carbons (Fsp3) is 0.233. The second-order valence-corrected chi connectivity index (χ2v) is 11.5. The summed E-state index contributed by atoms with van der Waals surface area (Å²) >= 11 is 7.86. The van der Waals surface area contributed by atoms with Gasteiger partial charge in [-0.3, -0.25) is 9.78 Å². The topological polar surface area (TPSA) is 52.1 Å². The molecule has 0 bridgehead atoms. The first-order valence-corrected chi connectivity index (χ1v) is 13.0. The maximum absolute atomic E-state index is 12.9. The Balaban J connectivity index is 1.78. The van der Waals surface area contributed by atoms with Crippen LogP contribution in [0.2, 0.25) is 5.02 Å². The summed E-state index contributed by atoms with van der Waals surface area (Å²) in [6, 6.07) is 18.1. The molecule has 3 aromatic carbocycles. The van der Waals surface area contributed by atoms with Crippen LogP contribution in [0.4, 0.5) is 0 Å². The average molecular weight is 515 g/mol. The van der Waals surface area contributed by atoms with Crippen LogP contribution in [0.3, 0.4) is 0 Å². The summed E-state index contributed by atoms with van der Waals surface area (Å²) in [4.78, 5) is 22.2. The van der Waals surface area contributed by atoms with Crippen molar-refractivity contribution in [3.8, 4) is 21.7 Å². The predicted molar refractivity (Wildman–Crippen MR) is 150 cm³/mol. The Morgan fingerprint density at radius 2 is 1.72 bits per heavy atom. The highest BCUT2D eigenvalue weighted by Crippen LogP contribution is 2.44. The molecule has 182 valence electrons. The zero-order valence-electron chi connectivity index (χ0n) is 20.9. The van der Waals surface area contributed by atoms with Crippen molar-refractivity contribution in [2.75, 3.05) is 0 Å². The van der Waals surface area contributed by atoms with Gasteiger partial charge in [-0.2, -0.15) is 0 Å². The normalized spacial score (nSPS) is 12.8. The van der Waals surface area contributed by atoms with E-state index in [1.54, 1.807) is 24.5 Å². The van der Waals surface area contributed by atoms with Crippen LogP contribution in [0.5, 0.6) is 0 Å². The van der Waals surface area contributed by atoms with Crippen LogP contribution < -0.4 is 0 Å². The highest BCUT2D eigenvalue weighted by molar-refractivity contribution is 7.22. The van der Waals surface area contributed by atoms with Crippen LogP contribution in [0.15, 0.2) is 67.0 Å². The number of aromatic nitrogens is 2. The molecule has 0 saturated heterocycles. The molecule has 0 fully saturated rings. The molecule has 1 atom stereocenters. The zero-order chi connectivity index (χ0) is 25.6. The first-order chi connectivity index (χ1) is 17.1. The molecule has 2 heterocycles. The van der Waals surface area contributed by atoms with Crippen molar-refractivity contribution in [2.24, 2.45) is 0 Å². The lowest BCUT2D eigenvalue weighted by atomic mass is 9.90. The van der Waals surface area contributed by atoms with Gasteiger partial charge in [0.2, 0.25) is 0 Å². The lowest BCUT2D eigenvalue weighted by Gasteiger charge is -2.29. The van der Waals surface area contributed by atoms with E-state index in [2.05, 4.69) is 29.2 Å². The van der Waals surface area contributed by atoms with E-state index in [9.17, 15) is 4.79 Å². The van der Waals surface area contributed by atoms with Crippen molar-refractivity contribution < 1.29 is 9.53 Å². The predicted octanol–water partition coefficient (Wildman–Crippen LogP) is 8.59. The molecule has 0 unspecified atom stereocenters. The van der Waals surface area contributed by atoms with Crippen LogP contribution in [0.1, 0.15) is 44.9 Å². The molecule has 0 aliphatic rings. The highest BCUT2D eigenvalue weighted by atomic mass is 35.5. The largest absolute Gasteiger partial charge is 0.360 e. The Hall–Kier alpha value is -3.12. The number of benzene rings is 3. The van der Waals surface area contributed by atoms with Gasteiger partial charge in [-0.15, -0.1) is 11.3 Å². The van der Waals surface area contributed by atoms with Crippen molar-refractivity contribution in [1.82, 2.24) is 9.97 Å². The Kier molecular flexibility index (Phi) is 6.41.